The minimum Gasteiger partial charge on any atom is -0.476 e. The number of nitrogens with zero attached hydrogens (tertiary/aromatic N) is 1. The summed E-state index contributed by atoms with van der Waals surface area (Å²) in [4.78, 5) is 14.5. The Kier molecular flexibility index (Phi) is 5.93. The van der Waals surface area contributed by atoms with Gasteiger partial charge >= 0.3 is 5.63 Å². The second-order valence-electron chi connectivity index (χ2n) is 7.83. The Morgan fingerprint density at radius 3 is 2.76 bits per heavy atom. The normalized spacial score (nSPS) is 15.1. The molecule has 0 fully saturated rings. The molecular formula is C24H26ClNO3. The zero-order valence-electron chi connectivity index (χ0n) is 16.9. The molecule has 2 heterocycles. The van der Waals surface area contributed by atoms with Crippen LogP contribution in [-0.4, -0.2) is 18.2 Å². The summed E-state index contributed by atoms with van der Waals surface area (Å²) < 4.78 is 11.7. The summed E-state index contributed by atoms with van der Waals surface area (Å²) >= 11 is 6.55. The maximum absolute atomic E-state index is 12.2. The van der Waals surface area contributed by atoms with E-state index >= 15 is 0 Å². The monoisotopic (exact) mass is 411 g/mol. The minimum atomic E-state index is -0.317. The Balaban J connectivity index is 1.68. The summed E-state index contributed by atoms with van der Waals surface area (Å²) in [6, 6.07) is 13.9. The number of hydrogen-bond acceptors (Lipinski definition) is 4. The van der Waals surface area contributed by atoms with Gasteiger partial charge in [-0.3, -0.25) is 4.90 Å². The fraction of sp³-hybridized carbons (Fsp3) is 0.375. The van der Waals surface area contributed by atoms with Crippen LogP contribution >= 0.6 is 11.6 Å². The molecule has 5 heteroatoms. The van der Waals surface area contributed by atoms with Crippen LogP contribution in [0.3, 0.4) is 0 Å². The molecular weight excluding hydrogens is 386 g/mol. The third-order valence-corrected chi connectivity index (χ3v) is 5.88. The molecule has 1 aromatic heterocycles. The lowest BCUT2D eigenvalue weighted by molar-refractivity contribution is 0.0910. The molecule has 0 saturated carbocycles. The van der Waals surface area contributed by atoms with E-state index in [0.717, 1.165) is 42.3 Å². The summed E-state index contributed by atoms with van der Waals surface area (Å²) in [6.45, 7) is 6.31. The Morgan fingerprint density at radius 2 is 2.00 bits per heavy atom. The summed E-state index contributed by atoms with van der Waals surface area (Å²) in [7, 11) is 0. The van der Waals surface area contributed by atoms with E-state index in [9.17, 15) is 4.79 Å². The molecule has 0 saturated heterocycles. The smallest absolute Gasteiger partial charge is 0.336 e. The quantitative estimate of drug-likeness (QED) is 0.485. The van der Waals surface area contributed by atoms with E-state index in [-0.39, 0.29) is 5.63 Å². The van der Waals surface area contributed by atoms with Crippen LogP contribution in [0.25, 0.3) is 11.0 Å². The Bertz CT molecular complexity index is 1060. The first kappa shape index (κ1) is 20.0. The number of hydrogen-bond donors (Lipinski definition) is 0. The first-order valence-corrected chi connectivity index (χ1v) is 10.6. The average molecular weight is 412 g/mol. The molecule has 2 aromatic carbocycles. The van der Waals surface area contributed by atoms with Gasteiger partial charge in [-0.05, 0) is 36.0 Å². The number of ether oxygens (including phenoxy) is 1. The van der Waals surface area contributed by atoms with Crippen LogP contribution in [-0.2, 0) is 13.0 Å². The van der Waals surface area contributed by atoms with Crippen molar-refractivity contribution in [3.8, 4) is 5.75 Å². The van der Waals surface area contributed by atoms with Crippen LogP contribution < -0.4 is 10.4 Å². The second-order valence-corrected chi connectivity index (χ2v) is 8.24. The predicted molar refractivity (Wildman–Crippen MR) is 117 cm³/mol. The molecule has 0 amide bonds. The topological polar surface area (TPSA) is 42.7 Å². The SMILES string of the molecule is CCCCc1cc(=O)oc2c3c(c(Cl)cc12)OCN(CC(C)c1ccccc1)C3. The van der Waals surface area contributed by atoms with E-state index in [1.54, 1.807) is 6.07 Å². The van der Waals surface area contributed by atoms with E-state index in [1.807, 2.05) is 12.1 Å². The first-order chi connectivity index (χ1) is 14.1. The summed E-state index contributed by atoms with van der Waals surface area (Å²) in [5.74, 6) is 0.998. The van der Waals surface area contributed by atoms with Crippen molar-refractivity contribution >= 4 is 22.6 Å². The van der Waals surface area contributed by atoms with Crippen LogP contribution in [0.2, 0.25) is 5.02 Å². The molecule has 1 unspecified atom stereocenters. The molecule has 1 aliphatic rings. The van der Waals surface area contributed by atoms with E-state index in [0.29, 0.717) is 35.5 Å². The third kappa shape index (κ3) is 4.19. The molecule has 4 nitrogen and oxygen atoms in total. The lowest BCUT2D eigenvalue weighted by Crippen LogP contribution is -2.35. The summed E-state index contributed by atoms with van der Waals surface area (Å²) in [5, 5.41) is 1.50. The fourth-order valence-corrected chi connectivity index (χ4v) is 4.34. The third-order valence-electron chi connectivity index (χ3n) is 5.59. The Morgan fingerprint density at radius 1 is 1.21 bits per heavy atom. The van der Waals surface area contributed by atoms with Crippen molar-refractivity contribution in [1.82, 2.24) is 4.90 Å². The van der Waals surface area contributed by atoms with Gasteiger partial charge in [0.1, 0.15) is 18.1 Å². The number of fused-ring (bicyclic) bond motifs is 3. The van der Waals surface area contributed by atoms with Crippen molar-refractivity contribution in [2.45, 2.75) is 45.6 Å². The lowest BCUT2D eigenvalue weighted by atomic mass is 9.99. The van der Waals surface area contributed by atoms with Gasteiger partial charge in [-0.25, -0.2) is 4.79 Å². The molecule has 1 aliphatic heterocycles. The number of rotatable bonds is 6. The van der Waals surface area contributed by atoms with Crippen molar-refractivity contribution in [2.75, 3.05) is 13.3 Å². The van der Waals surface area contributed by atoms with Crippen molar-refractivity contribution in [3.63, 3.8) is 0 Å². The lowest BCUT2D eigenvalue weighted by Gasteiger charge is -2.31. The molecule has 0 bridgehead atoms. The Labute approximate surface area is 176 Å². The van der Waals surface area contributed by atoms with Gasteiger partial charge in [0.15, 0.2) is 0 Å². The molecule has 0 radical (unpaired) electrons. The molecule has 0 aliphatic carbocycles. The highest BCUT2D eigenvalue weighted by atomic mass is 35.5. The molecule has 1 atom stereocenters. The fourth-order valence-electron chi connectivity index (χ4n) is 4.06. The van der Waals surface area contributed by atoms with Crippen LogP contribution in [0.15, 0.2) is 51.7 Å². The largest absolute Gasteiger partial charge is 0.476 e. The van der Waals surface area contributed by atoms with Gasteiger partial charge in [-0.2, -0.15) is 0 Å². The second kappa shape index (κ2) is 8.60. The average Bonchev–Trinajstić information content (AvgIpc) is 2.73. The van der Waals surface area contributed by atoms with E-state index in [4.69, 9.17) is 20.8 Å². The van der Waals surface area contributed by atoms with Gasteiger partial charge in [0.25, 0.3) is 0 Å². The van der Waals surface area contributed by atoms with E-state index in [1.165, 1.54) is 5.56 Å². The first-order valence-electron chi connectivity index (χ1n) is 10.2. The highest BCUT2D eigenvalue weighted by molar-refractivity contribution is 6.33. The minimum absolute atomic E-state index is 0.317. The molecule has 0 N–H and O–H groups in total. The molecule has 0 spiro atoms. The highest BCUT2D eigenvalue weighted by Gasteiger charge is 2.26. The maximum Gasteiger partial charge on any atom is 0.336 e. The van der Waals surface area contributed by atoms with Crippen molar-refractivity contribution in [3.05, 3.63) is 74.6 Å². The number of halogens is 1. The zero-order valence-corrected chi connectivity index (χ0v) is 17.7. The van der Waals surface area contributed by atoms with Crippen molar-refractivity contribution < 1.29 is 9.15 Å². The molecule has 4 rings (SSSR count). The van der Waals surface area contributed by atoms with Gasteiger partial charge in [0.2, 0.25) is 0 Å². The molecule has 152 valence electrons. The standard InChI is InChI=1S/C24H26ClNO3/c1-3-4-8-18-11-22(27)29-23-19(18)12-21(25)24-20(23)14-26(15-28-24)13-16(2)17-9-6-5-7-10-17/h5-7,9-12,16H,3-4,8,13-15H2,1-2H3. The zero-order chi connectivity index (χ0) is 20.4. The predicted octanol–water partition coefficient (Wildman–Crippen LogP) is 5.74. The molecule has 29 heavy (non-hydrogen) atoms. The van der Waals surface area contributed by atoms with Crippen LogP contribution in [0.1, 0.15) is 49.3 Å². The van der Waals surface area contributed by atoms with Gasteiger partial charge in [0.05, 0.1) is 10.6 Å². The van der Waals surface area contributed by atoms with Crippen LogP contribution in [0.5, 0.6) is 5.75 Å². The van der Waals surface area contributed by atoms with Gasteiger partial charge in [0, 0.05) is 24.5 Å². The number of aryl methyl sites for hydroxylation is 1. The van der Waals surface area contributed by atoms with Gasteiger partial charge in [-0.15, -0.1) is 0 Å². The highest BCUT2D eigenvalue weighted by Crippen LogP contribution is 2.39. The summed E-state index contributed by atoms with van der Waals surface area (Å²) in [5.41, 5.74) is 3.46. The molecule has 3 aromatic rings. The van der Waals surface area contributed by atoms with Gasteiger partial charge in [-0.1, -0.05) is 62.2 Å². The van der Waals surface area contributed by atoms with Gasteiger partial charge < -0.3 is 9.15 Å². The van der Waals surface area contributed by atoms with Crippen molar-refractivity contribution in [1.29, 1.82) is 0 Å². The number of benzene rings is 2. The van der Waals surface area contributed by atoms with Crippen molar-refractivity contribution in [2.24, 2.45) is 0 Å². The summed E-state index contributed by atoms with van der Waals surface area (Å²) in [6.07, 6.45) is 2.92. The van der Waals surface area contributed by atoms with Crippen LogP contribution in [0.4, 0.5) is 0 Å². The maximum atomic E-state index is 12.2. The Hall–Kier alpha value is -2.30. The number of unbranched alkanes of at least 4 members (excludes halogenated alkanes) is 1. The van der Waals surface area contributed by atoms with E-state index < -0.39 is 0 Å². The van der Waals surface area contributed by atoms with E-state index in [2.05, 4.69) is 43.0 Å². The van der Waals surface area contributed by atoms with Crippen LogP contribution in [0, 0.1) is 0 Å².